The summed E-state index contributed by atoms with van der Waals surface area (Å²) >= 11 is 0. The van der Waals surface area contributed by atoms with E-state index in [4.69, 9.17) is 0 Å². The summed E-state index contributed by atoms with van der Waals surface area (Å²) < 4.78 is 39.6. The number of amides is 1. The topological polar surface area (TPSA) is 46.9 Å². The van der Waals surface area contributed by atoms with E-state index >= 15 is 0 Å². The fraction of sp³-hybridized carbons (Fsp3) is 0.714. The molecule has 2 aliphatic carbocycles. The van der Waals surface area contributed by atoms with Gasteiger partial charge in [0, 0.05) is 24.1 Å². The SMILES string of the molecule is O=C(NCCn1nc(C(F)(F)F)cc1C1CC1)C1CCC1. The van der Waals surface area contributed by atoms with Crippen molar-refractivity contribution in [3.05, 3.63) is 17.5 Å². The van der Waals surface area contributed by atoms with E-state index in [9.17, 15) is 18.0 Å². The van der Waals surface area contributed by atoms with E-state index in [0.717, 1.165) is 38.2 Å². The second-order valence-electron chi connectivity index (χ2n) is 5.87. The van der Waals surface area contributed by atoms with Crippen LogP contribution in [-0.2, 0) is 17.5 Å². The highest BCUT2D eigenvalue weighted by molar-refractivity contribution is 5.79. The minimum atomic E-state index is -4.41. The van der Waals surface area contributed by atoms with Crippen LogP contribution in [0.25, 0.3) is 0 Å². The van der Waals surface area contributed by atoms with Gasteiger partial charge in [-0.3, -0.25) is 9.48 Å². The molecule has 2 saturated carbocycles. The first-order valence-electron chi connectivity index (χ1n) is 7.38. The number of nitrogens with one attached hydrogen (secondary N) is 1. The smallest absolute Gasteiger partial charge is 0.354 e. The molecule has 0 aromatic carbocycles. The molecule has 4 nitrogen and oxygen atoms in total. The van der Waals surface area contributed by atoms with Gasteiger partial charge in [0.2, 0.25) is 5.91 Å². The lowest BCUT2D eigenvalue weighted by molar-refractivity contribution is -0.141. The molecular weight excluding hydrogens is 283 g/mol. The number of halogens is 3. The number of alkyl halides is 3. The normalized spacial score (nSPS) is 19.4. The summed E-state index contributed by atoms with van der Waals surface area (Å²) in [5.74, 6) is 0.296. The molecular formula is C14H18F3N3O. The Bertz CT molecular complexity index is 530. The standard InChI is InChI=1S/C14H18F3N3O/c15-14(16,17)12-8-11(9-4-5-9)20(19-12)7-6-18-13(21)10-2-1-3-10/h8-10H,1-7H2,(H,18,21). The molecule has 0 spiro atoms. The molecule has 0 unspecified atom stereocenters. The number of carbonyl (C=O) groups is 1. The third-order valence-corrected chi connectivity index (χ3v) is 4.20. The Balaban J connectivity index is 1.61. The monoisotopic (exact) mass is 301 g/mol. The van der Waals surface area contributed by atoms with Crippen molar-refractivity contribution in [3.8, 4) is 0 Å². The molecule has 1 N–H and O–H groups in total. The number of nitrogens with zero attached hydrogens (tertiary/aromatic N) is 2. The van der Waals surface area contributed by atoms with Gasteiger partial charge in [0.15, 0.2) is 5.69 Å². The maximum absolute atomic E-state index is 12.7. The van der Waals surface area contributed by atoms with Crippen LogP contribution in [0.4, 0.5) is 13.2 Å². The Kier molecular flexibility index (Phi) is 3.67. The summed E-state index contributed by atoms with van der Waals surface area (Å²) in [4.78, 5) is 11.7. The summed E-state index contributed by atoms with van der Waals surface area (Å²) in [6.07, 6.45) is 0.329. The van der Waals surface area contributed by atoms with Crippen molar-refractivity contribution in [1.82, 2.24) is 15.1 Å². The fourth-order valence-electron chi connectivity index (χ4n) is 2.56. The highest BCUT2D eigenvalue weighted by Crippen LogP contribution is 2.42. The molecule has 1 aromatic rings. The van der Waals surface area contributed by atoms with Crippen LogP contribution in [0.15, 0.2) is 6.07 Å². The van der Waals surface area contributed by atoms with Crippen molar-refractivity contribution in [3.63, 3.8) is 0 Å². The fourth-order valence-corrected chi connectivity index (χ4v) is 2.56. The number of carbonyl (C=O) groups excluding carboxylic acids is 1. The number of rotatable bonds is 5. The Hall–Kier alpha value is -1.53. The van der Waals surface area contributed by atoms with Crippen molar-refractivity contribution in [2.45, 2.75) is 50.7 Å². The molecule has 116 valence electrons. The van der Waals surface area contributed by atoms with Gasteiger partial charge in [0.25, 0.3) is 0 Å². The summed E-state index contributed by atoms with van der Waals surface area (Å²) in [6, 6.07) is 1.14. The van der Waals surface area contributed by atoms with E-state index in [1.165, 1.54) is 4.68 Å². The van der Waals surface area contributed by atoms with Crippen LogP contribution in [0.2, 0.25) is 0 Å². The van der Waals surface area contributed by atoms with Gasteiger partial charge in [-0.1, -0.05) is 6.42 Å². The lowest BCUT2D eigenvalue weighted by Crippen LogP contribution is -2.36. The molecule has 0 atom stereocenters. The molecule has 1 heterocycles. The van der Waals surface area contributed by atoms with Crippen LogP contribution < -0.4 is 5.32 Å². The van der Waals surface area contributed by atoms with Crippen LogP contribution in [-0.4, -0.2) is 22.2 Å². The van der Waals surface area contributed by atoms with E-state index < -0.39 is 11.9 Å². The Morgan fingerprint density at radius 2 is 2.05 bits per heavy atom. The summed E-state index contributed by atoms with van der Waals surface area (Å²) in [6.45, 7) is 0.619. The van der Waals surface area contributed by atoms with Crippen LogP contribution in [0.5, 0.6) is 0 Å². The summed E-state index contributed by atoms with van der Waals surface area (Å²) in [5, 5.41) is 6.45. The molecule has 7 heteroatoms. The molecule has 0 radical (unpaired) electrons. The zero-order valence-electron chi connectivity index (χ0n) is 11.6. The first-order valence-corrected chi connectivity index (χ1v) is 7.38. The van der Waals surface area contributed by atoms with Gasteiger partial charge < -0.3 is 5.32 Å². The van der Waals surface area contributed by atoms with E-state index in [2.05, 4.69) is 10.4 Å². The summed E-state index contributed by atoms with van der Waals surface area (Å²) in [5.41, 5.74) is -0.199. The zero-order valence-corrected chi connectivity index (χ0v) is 11.6. The third-order valence-electron chi connectivity index (χ3n) is 4.20. The molecule has 1 amide bonds. The molecule has 2 fully saturated rings. The Morgan fingerprint density at radius 1 is 1.33 bits per heavy atom. The minimum Gasteiger partial charge on any atom is -0.354 e. The predicted molar refractivity (Wildman–Crippen MR) is 69.6 cm³/mol. The van der Waals surface area contributed by atoms with Gasteiger partial charge in [-0.05, 0) is 31.7 Å². The quantitative estimate of drug-likeness (QED) is 0.909. The predicted octanol–water partition coefficient (Wildman–Crippen LogP) is 2.70. The average Bonchev–Trinajstić information content (AvgIpc) is 3.07. The minimum absolute atomic E-state index is 0.0115. The number of hydrogen-bond donors (Lipinski definition) is 1. The number of aromatic nitrogens is 2. The largest absolute Gasteiger partial charge is 0.435 e. The molecule has 2 aliphatic rings. The van der Waals surface area contributed by atoms with Gasteiger partial charge in [0.1, 0.15) is 0 Å². The second kappa shape index (κ2) is 5.35. The molecule has 0 aliphatic heterocycles. The lowest BCUT2D eigenvalue weighted by atomic mass is 9.85. The van der Waals surface area contributed by atoms with Crippen molar-refractivity contribution in [2.75, 3.05) is 6.54 Å². The van der Waals surface area contributed by atoms with Crippen molar-refractivity contribution in [2.24, 2.45) is 5.92 Å². The zero-order chi connectivity index (χ0) is 15.0. The van der Waals surface area contributed by atoms with E-state index in [0.29, 0.717) is 18.8 Å². The third kappa shape index (κ3) is 3.22. The molecule has 1 aromatic heterocycles. The molecule has 3 rings (SSSR count). The maximum Gasteiger partial charge on any atom is 0.435 e. The Morgan fingerprint density at radius 3 is 2.57 bits per heavy atom. The highest BCUT2D eigenvalue weighted by atomic mass is 19.4. The van der Waals surface area contributed by atoms with Crippen molar-refractivity contribution in [1.29, 1.82) is 0 Å². The second-order valence-corrected chi connectivity index (χ2v) is 5.87. The van der Waals surface area contributed by atoms with Gasteiger partial charge in [-0.2, -0.15) is 18.3 Å². The van der Waals surface area contributed by atoms with E-state index in [-0.39, 0.29) is 17.7 Å². The van der Waals surface area contributed by atoms with Crippen LogP contribution in [0, 0.1) is 5.92 Å². The van der Waals surface area contributed by atoms with Crippen molar-refractivity contribution >= 4 is 5.91 Å². The maximum atomic E-state index is 12.7. The van der Waals surface area contributed by atoms with E-state index in [1.807, 2.05) is 0 Å². The molecule has 0 bridgehead atoms. The highest BCUT2D eigenvalue weighted by Gasteiger charge is 2.37. The van der Waals surface area contributed by atoms with Gasteiger partial charge in [-0.15, -0.1) is 0 Å². The number of hydrogen-bond acceptors (Lipinski definition) is 2. The van der Waals surface area contributed by atoms with Crippen LogP contribution in [0.1, 0.15) is 49.4 Å². The average molecular weight is 301 g/mol. The first-order chi connectivity index (χ1) is 9.95. The lowest BCUT2D eigenvalue weighted by Gasteiger charge is -2.24. The van der Waals surface area contributed by atoms with Crippen LogP contribution >= 0.6 is 0 Å². The van der Waals surface area contributed by atoms with E-state index in [1.54, 1.807) is 0 Å². The van der Waals surface area contributed by atoms with Crippen molar-refractivity contribution < 1.29 is 18.0 Å². The Labute approximate surface area is 120 Å². The van der Waals surface area contributed by atoms with Crippen LogP contribution in [0.3, 0.4) is 0 Å². The van der Waals surface area contributed by atoms with Gasteiger partial charge >= 0.3 is 6.18 Å². The molecule has 0 saturated heterocycles. The first kappa shape index (κ1) is 14.4. The summed E-state index contributed by atoms with van der Waals surface area (Å²) in [7, 11) is 0. The molecule has 21 heavy (non-hydrogen) atoms. The van der Waals surface area contributed by atoms with Gasteiger partial charge in [0.05, 0.1) is 6.54 Å². The van der Waals surface area contributed by atoms with Gasteiger partial charge in [-0.25, -0.2) is 0 Å².